The molecule has 0 amide bonds. The Bertz CT molecular complexity index is 1010. The van der Waals surface area contributed by atoms with Gasteiger partial charge in [0.1, 0.15) is 11.8 Å². The van der Waals surface area contributed by atoms with Gasteiger partial charge in [0.05, 0.1) is 44.7 Å². The lowest BCUT2D eigenvalue weighted by Gasteiger charge is -2.43. The van der Waals surface area contributed by atoms with Gasteiger partial charge in [-0.3, -0.25) is 0 Å². The monoisotopic (exact) mass is 390 g/mol. The number of ether oxygens (including phenoxy) is 3. The van der Waals surface area contributed by atoms with Crippen LogP contribution in [0.4, 0.5) is 0 Å². The molecule has 0 saturated carbocycles. The first-order valence-electron chi connectivity index (χ1n) is 9.26. The van der Waals surface area contributed by atoms with Gasteiger partial charge in [-0.05, 0) is 36.8 Å². The molecule has 1 aromatic carbocycles. The van der Waals surface area contributed by atoms with Crippen LogP contribution >= 0.6 is 0 Å². The first-order valence-corrected chi connectivity index (χ1v) is 9.26. The van der Waals surface area contributed by atoms with Gasteiger partial charge in [-0.1, -0.05) is 6.08 Å². The fourth-order valence-corrected chi connectivity index (χ4v) is 4.51. The molecule has 2 N–H and O–H groups in total. The SMILES string of the molecule is COc1cc(OC)c([C@@H]2[C@@H]3CCCC=C3C(C#N)=C(N)C2(C#N)C#N)cc1OC. The zero-order valence-corrected chi connectivity index (χ0v) is 16.7. The minimum absolute atomic E-state index is 0.00348. The highest BCUT2D eigenvalue weighted by molar-refractivity contribution is 5.62. The summed E-state index contributed by atoms with van der Waals surface area (Å²) in [6.07, 6.45) is 4.45. The Morgan fingerprint density at radius 1 is 1.00 bits per heavy atom. The number of rotatable bonds is 4. The molecule has 2 atom stereocenters. The van der Waals surface area contributed by atoms with Gasteiger partial charge in [-0.25, -0.2) is 0 Å². The summed E-state index contributed by atoms with van der Waals surface area (Å²) in [6, 6.07) is 9.81. The standard InChI is InChI=1S/C22H22N4O3/c1-27-17-9-19(29-3)18(28-2)8-15(17)20-14-7-5-4-6-13(14)16(10-23)21(26)22(20,11-24)12-25/h6,8-9,14,20H,4-5,7,26H2,1-3H3/t14-,20+/m1/s1. The summed E-state index contributed by atoms with van der Waals surface area (Å²) in [6.45, 7) is 0. The Balaban J connectivity index is 2.39. The maximum absolute atomic E-state index is 10.1. The van der Waals surface area contributed by atoms with Crippen LogP contribution in [0.15, 0.2) is 35.1 Å². The van der Waals surface area contributed by atoms with Crippen molar-refractivity contribution < 1.29 is 14.2 Å². The molecule has 3 rings (SSSR count). The van der Waals surface area contributed by atoms with E-state index >= 15 is 0 Å². The summed E-state index contributed by atoms with van der Waals surface area (Å²) in [5, 5.41) is 30.0. The van der Waals surface area contributed by atoms with E-state index in [-0.39, 0.29) is 17.2 Å². The van der Waals surface area contributed by atoms with Crippen molar-refractivity contribution in [3.8, 4) is 35.5 Å². The molecule has 0 fully saturated rings. The van der Waals surface area contributed by atoms with Crippen LogP contribution in [0.1, 0.15) is 30.7 Å². The molecular weight excluding hydrogens is 368 g/mol. The molecule has 0 bridgehead atoms. The van der Waals surface area contributed by atoms with E-state index < -0.39 is 11.3 Å². The Hall–Kier alpha value is -3.63. The smallest absolute Gasteiger partial charge is 0.191 e. The largest absolute Gasteiger partial charge is 0.496 e. The third-order valence-electron chi connectivity index (χ3n) is 5.87. The fourth-order valence-electron chi connectivity index (χ4n) is 4.51. The molecule has 148 valence electrons. The van der Waals surface area contributed by atoms with E-state index in [1.54, 1.807) is 12.1 Å². The van der Waals surface area contributed by atoms with Crippen LogP contribution in [0.25, 0.3) is 0 Å². The number of hydrogen-bond acceptors (Lipinski definition) is 7. The molecule has 0 heterocycles. The fraction of sp³-hybridized carbons (Fsp3) is 0.409. The number of allylic oxidation sites excluding steroid dienone is 4. The lowest BCUT2D eigenvalue weighted by atomic mass is 9.56. The highest BCUT2D eigenvalue weighted by Gasteiger charge is 2.54. The van der Waals surface area contributed by atoms with Crippen LogP contribution < -0.4 is 19.9 Å². The van der Waals surface area contributed by atoms with Crippen LogP contribution in [0, 0.1) is 45.3 Å². The topological polar surface area (TPSA) is 125 Å². The molecule has 0 aromatic heterocycles. The zero-order valence-electron chi connectivity index (χ0n) is 16.7. The van der Waals surface area contributed by atoms with E-state index in [9.17, 15) is 15.8 Å². The Kier molecular flexibility index (Phi) is 5.39. The van der Waals surface area contributed by atoms with Crippen LogP contribution in [0.2, 0.25) is 0 Å². The van der Waals surface area contributed by atoms with E-state index in [1.807, 2.05) is 6.08 Å². The van der Waals surface area contributed by atoms with Crippen molar-refractivity contribution in [3.05, 3.63) is 40.6 Å². The van der Waals surface area contributed by atoms with Crippen molar-refractivity contribution in [2.24, 2.45) is 17.1 Å². The van der Waals surface area contributed by atoms with Crippen molar-refractivity contribution in [3.63, 3.8) is 0 Å². The summed E-state index contributed by atoms with van der Waals surface area (Å²) in [5.41, 5.74) is 6.30. The normalized spacial score (nSPS) is 22.3. The Labute approximate surface area is 170 Å². The van der Waals surface area contributed by atoms with E-state index in [2.05, 4.69) is 18.2 Å². The molecule has 1 aromatic rings. The number of nitrogens with two attached hydrogens (primary N) is 1. The van der Waals surface area contributed by atoms with Crippen molar-refractivity contribution in [2.45, 2.75) is 25.2 Å². The average Bonchev–Trinajstić information content (AvgIpc) is 2.77. The van der Waals surface area contributed by atoms with Crippen LogP contribution in [0.3, 0.4) is 0 Å². The molecule has 2 aliphatic rings. The quantitative estimate of drug-likeness (QED) is 0.836. The average molecular weight is 390 g/mol. The number of nitrogens with zero attached hydrogens (tertiary/aromatic N) is 3. The summed E-state index contributed by atoms with van der Waals surface area (Å²) in [7, 11) is 4.56. The number of fused-ring (bicyclic) bond motifs is 1. The molecule has 7 nitrogen and oxygen atoms in total. The van der Waals surface area contributed by atoms with E-state index in [4.69, 9.17) is 19.9 Å². The summed E-state index contributed by atoms with van der Waals surface area (Å²) < 4.78 is 16.4. The van der Waals surface area contributed by atoms with Gasteiger partial charge in [0.2, 0.25) is 0 Å². The van der Waals surface area contributed by atoms with Crippen molar-refractivity contribution >= 4 is 0 Å². The number of nitriles is 3. The second-order valence-corrected chi connectivity index (χ2v) is 7.06. The molecule has 7 heteroatoms. The zero-order chi connectivity index (χ0) is 21.2. The van der Waals surface area contributed by atoms with Gasteiger partial charge in [-0.2, -0.15) is 15.8 Å². The van der Waals surface area contributed by atoms with Gasteiger partial charge in [0, 0.05) is 17.5 Å². The third kappa shape index (κ3) is 2.85. The third-order valence-corrected chi connectivity index (χ3v) is 5.87. The molecule has 0 aliphatic heterocycles. The minimum atomic E-state index is -1.70. The van der Waals surface area contributed by atoms with Crippen molar-refractivity contribution in [1.29, 1.82) is 15.8 Å². The molecule has 0 unspecified atom stereocenters. The van der Waals surface area contributed by atoms with Gasteiger partial charge in [0.25, 0.3) is 0 Å². The summed E-state index contributed by atoms with van der Waals surface area (Å²) in [5.74, 6) is 0.584. The Morgan fingerprint density at radius 2 is 1.62 bits per heavy atom. The molecule has 0 spiro atoms. The van der Waals surface area contributed by atoms with Gasteiger partial charge < -0.3 is 19.9 Å². The summed E-state index contributed by atoms with van der Waals surface area (Å²) in [4.78, 5) is 0. The second-order valence-electron chi connectivity index (χ2n) is 7.06. The molecule has 2 aliphatic carbocycles. The van der Waals surface area contributed by atoms with E-state index in [0.717, 1.165) is 24.8 Å². The van der Waals surface area contributed by atoms with Crippen LogP contribution in [-0.2, 0) is 0 Å². The van der Waals surface area contributed by atoms with Crippen molar-refractivity contribution in [2.75, 3.05) is 21.3 Å². The highest BCUT2D eigenvalue weighted by atomic mass is 16.5. The van der Waals surface area contributed by atoms with Crippen molar-refractivity contribution in [1.82, 2.24) is 0 Å². The summed E-state index contributed by atoms with van der Waals surface area (Å²) >= 11 is 0. The van der Waals surface area contributed by atoms with Gasteiger partial charge in [0.15, 0.2) is 16.9 Å². The maximum atomic E-state index is 10.1. The highest BCUT2D eigenvalue weighted by Crippen LogP contribution is 2.58. The lowest BCUT2D eigenvalue weighted by Crippen LogP contribution is -2.42. The number of hydrogen-bond donors (Lipinski definition) is 1. The molecular formula is C22H22N4O3. The predicted molar refractivity (Wildman–Crippen MR) is 105 cm³/mol. The van der Waals surface area contributed by atoms with Gasteiger partial charge >= 0.3 is 0 Å². The lowest BCUT2D eigenvalue weighted by molar-refractivity contribution is 0.300. The van der Waals surface area contributed by atoms with E-state index in [1.165, 1.54) is 21.3 Å². The maximum Gasteiger partial charge on any atom is 0.191 e. The van der Waals surface area contributed by atoms with Gasteiger partial charge in [-0.15, -0.1) is 0 Å². The predicted octanol–water partition coefficient (Wildman–Crippen LogP) is 3.31. The first-order chi connectivity index (χ1) is 14.0. The first kappa shape index (κ1) is 20.1. The van der Waals surface area contributed by atoms with E-state index in [0.29, 0.717) is 22.8 Å². The second kappa shape index (κ2) is 7.78. The number of methoxy groups -OCH3 is 3. The van der Waals surface area contributed by atoms with Crippen LogP contribution in [0.5, 0.6) is 17.2 Å². The number of benzene rings is 1. The van der Waals surface area contributed by atoms with Crippen LogP contribution in [-0.4, -0.2) is 21.3 Å². The molecule has 0 radical (unpaired) electrons. The molecule has 29 heavy (non-hydrogen) atoms. The minimum Gasteiger partial charge on any atom is -0.496 e. The Morgan fingerprint density at radius 3 is 2.17 bits per heavy atom. The molecule has 0 saturated heterocycles.